The molecule has 2 aromatic heterocycles. The zero-order valence-corrected chi connectivity index (χ0v) is 16.8. The van der Waals surface area contributed by atoms with E-state index in [4.69, 9.17) is 27.9 Å². The molecule has 0 spiro atoms. The van der Waals surface area contributed by atoms with Crippen molar-refractivity contribution in [2.45, 2.75) is 6.54 Å². The number of amides is 1. The molecule has 4 rings (SSSR count). The van der Waals surface area contributed by atoms with Gasteiger partial charge in [0.1, 0.15) is 23.3 Å². The number of piperazine rings is 1. The Morgan fingerprint density at radius 2 is 1.96 bits per heavy atom. The predicted molar refractivity (Wildman–Crippen MR) is 109 cm³/mol. The van der Waals surface area contributed by atoms with Crippen molar-refractivity contribution in [3.05, 3.63) is 46.7 Å². The molecule has 1 amide bonds. The fourth-order valence-electron chi connectivity index (χ4n) is 3.32. The van der Waals surface area contributed by atoms with Gasteiger partial charge >= 0.3 is 0 Å². The first-order valence-electron chi connectivity index (χ1n) is 8.90. The van der Waals surface area contributed by atoms with Gasteiger partial charge in [-0.15, -0.1) is 0 Å². The van der Waals surface area contributed by atoms with E-state index < -0.39 is 0 Å². The van der Waals surface area contributed by atoms with Gasteiger partial charge in [0, 0.05) is 44.1 Å². The number of carbonyl (C=O) groups excluding carboxylic acids is 1. The molecule has 1 aliphatic heterocycles. The number of fused-ring (bicyclic) bond motifs is 1. The standard InChI is InChI=1S/C19H19Cl2N5O2/c1-28-16-11-13(4-5-14(16)20)24-7-9-25(10-8-24)17(27)12-26-19(21)18-15(23-26)3-2-6-22-18/h2-6,11H,7-10,12H2,1H3. The maximum absolute atomic E-state index is 12.7. The second-order valence-corrected chi connectivity index (χ2v) is 7.27. The second kappa shape index (κ2) is 7.85. The van der Waals surface area contributed by atoms with Gasteiger partial charge in [-0.25, -0.2) is 4.68 Å². The molecule has 0 atom stereocenters. The fourth-order valence-corrected chi connectivity index (χ4v) is 3.76. The Morgan fingerprint density at radius 1 is 1.18 bits per heavy atom. The second-order valence-electron chi connectivity index (χ2n) is 6.51. The minimum Gasteiger partial charge on any atom is -0.495 e. The molecule has 1 aliphatic rings. The van der Waals surface area contributed by atoms with Crippen LogP contribution in [0, 0.1) is 0 Å². The van der Waals surface area contributed by atoms with E-state index in [1.807, 2.05) is 29.2 Å². The van der Waals surface area contributed by atoms with Crippen LogP contribution >= 0.6 is 23.2 Å². The summed E-state index contributed by atoms with van der Waals surface area (Å²) in [5.74, 6) is 0.634. The van der Waals surface area contributed by atoms with Crippen LogP contribution in [0.3, 0.4) is 0 Å². The third kappa shape index (κ3) is 3.59. The molecule has 28 heavy (non-hydrogen) atoms. The number of methoxy groups -OCH3 is 1. The molecule has 1 saturated heterocycles. The highest BCUT2D eigenvalue weighted by Crippen LogP contribution is 2.30. The Morgan fingerprint density at radius 3 is 2.68 bits per heavy atom. The highest BCUT2D eigenvalue weighted by atomic mass is 35.5. The molecule has 0 unspecified atom stereocenters. The Hall–Kier alpha value is -2.51. The molecule has 9 heteroatoms. The minimum absolute atomic E-state index is 0.0111. The number of ether oxygens (including phenoxy) is 1. The number of aromatic nitrogens is 3. The SMILES string of the molecule is COc1cc(N2CCN(C(=O)Cn3nc4cccnc4c3Cl)CC2)ccc1Cl. The summed E-state index contributed by atoms with van der Waals surface area (Å²) in [5.41, 5.74) is 2.32. The van der Waals surface area contributed by atoms with Gasteiger partial charge in [0.05, 0.1) is 12.1 Å². The maximum Gasteiger partial charge on any atom is 0.244 e. The average Bonchev–Trinajstić information content (AvgIpc) is 3.04. The van der Waals surface area contributed by atoms with E-state index in [2.05, 4.69) is 15.0 Å². The number of hydrogen-bond acceptors (Lipinski definition) is 5. The van der Waals surface area contributed by atoms with Crippen LogP contribution in [-0.4, -0.2) is 58.9 Å². The topological polar surface area (TPSA) is 63.5 Å². The molecule has 0 aliphatic carbocycles. The largest absolute Gasteiger partial charge is 0.495 e. The molecule has 146 valence electrons. The lowest BCUT2D eigenvalue weighted by atomic mass is 10.2. The third-order valence-electron chi connectivity index (χ3n) is 4.85. The quantitative estimate of drug-likeness (QED) is 0.649. The van der Waals surface area contributed by atoms with Gasteiger partial charge in [-0.3, -0.25) is 9.78 Å². The molecular weight excluding hydrogens is 401 g/mol. The number of nitrogens with zero attached hydrogens (tertiary/aromatic N) is 5. The first kappa shape index (κ1) is 18.8. The van der Waals surface area contributed by atoms with Gasteiger partial charge in [-0.1, -0.05) is 23.2 Å². The first-order valence-corrected chi connectivity index (χ1v) is 9.65. The molecule has 7 nitrogen and oxygen atoms in total. The van der Waals surface area contributed by atoms with Crippen LogP contribution in [0.15, 0.2) is 36.5 Å². The molecular formula is C19H19Cl2N5O2. The van der Waals surface area contributed by atoms with E-state index in [0.29, 0.717) is 40.0 Å². The summed E-state index contributed by atoms with van der Waals surface area (Å²) in [6, 6.07) is 9.33. The van der Waals surface area contributed by atoms with Crippen molar-refractivity contribution in [1.82, 2.24) is 19.7 Å². The van der Waals surface area contributed by atoms with E-state index in [1.165, 1.54) is 4.68 Å². The number of halogens is 2. The van der Waals surface area contributed by atoms with Crippen molar-refractivity contribution >= 4 is 45.8 Å². The van der Waals surface area contributed by atoms with Crippen molar-refractivity contribution in [3.63, 3.8) is 0 Å². The van der Waals surface area contributed by atoms with Crippen LogP contribution in [0.1, 0.15) is 0 Å². The molecule has 1 aromatic carbocycles. The van der Waals surface area contributed by atoms with E-state index in [0.717, 1.165) is 18.8 Å². The highest BCUT2D eigenvalue weighted by molar-refractivity contribution is 6.34. The van der Waals surface area contributed by atoms with E-state index in [9.17, 15) is 4.79 Å². The van der Waals surface area contributed by atoms with Crippen molar-refractivity contribution in [2.75, 3.05) is 38.2 Å². The molecule has 1 fully saturated rings. The highest BCUT2D eigenvalue weighted by Gasteiger charge is 2.23. The summed E-state index contributed by atoms with van der Waals surface area (Å²) >= 11 is 12.4. The van der Waals surface area contributed by atoms with Gasteiger partial charge in [0.15, 0.2) is 5.15 Å². The predicted octanol–water partition coefficient (Wildman–Crippen LogP) is 3.10. The van der Waals surface area contributed by atoms with Crippen molar-refractivity contribution in [2.24, 2.45) is 0 Å². The number of pyridine rings is 1. The zero-order chi connectivity index (χ0) is 19.7. The molecule has 0 bridgehead atoms. The van der Waals surface area contributed by atoms with Crippen molar-refractivity contribution in [3.8, 4) is 5.75 Å². The van der Waals surface area contributed by atoms with Crippen molar-refractivity contribution < 1.29 is 9.53 Å². The molecule has 3 heterocycles. The van der Waals surface area contributed by atoms with Crippen LogP contribution in [0.4, 0.5) is 5.69 Å². The van der Waals surface area contributed by atoms with Crippen LogP contribution < -0.4 is 9.64 Å². The van der Waals surface area contributed by atoms with Gasteiger partial charge in [-0.2, -0.15) is 5.10 Å². The summed E-state index contributed by atoms with van der Waals surface area (Å²) in [6.45, 7) is 2.81. The summed E-state index contributed by atoms with van der Waals surface area (Å²) in [4.78, 5) is 21.0. The molecule has 0 radical (unpaired) electrons. The van der Waals surface area contributed by atoms with E-state index >= 15 is 0 Å². The van der Waals surface area contributed by atoms with Gasteiger partial charge in [0.2, 0.25) is 5.91 Å². The van der Waals surface area contributed by atoms with Crippen LogP contribution in [-0.2, 0) is 11.3 Å². The van der Waals surface area contributed by atoms with E-state index in [-0.39, 0.29) is 12.5 Å². The lowest BCUT2D eigenvalue weighted by Gasteiger charge is -2.36. The number of rotatable bonds is 4. The minimum atomic E-state index is -0.0111. The van der Waals surface area contributed by atoms with Gasteiger partial charge < -0.3 is 14.5 Å². The lowest BCUT2D eigenvalue weighted by molar-refractivity contribution is -0.132. The fraction of sp³-hybridized carbons (Fsp3) is 0.316. The monoisotopic (exact) mass is 419 g/mol. The van der Waals surface area contributed by atoms with Crippen LogP contribution in [0.25, 0.3) is 11.0 Å². The smallest absolute Gasteiger partial charge is 0.244 e. The van der Waals surface area contributed by atoms with Crippen molar-refractivity contribution in [1.29, 1.82) is 0 Å². The summed E-state index contributed by atoms with van der Waals surface area (Å²) < 4.78 is 6.80. The molecule has 0 saturated carbocycles. The summed E-state index contributed by atoms with van der Waals surface area (Å²) in [5, 5.41) is 5.34. The third-order valence-corrected chi connectivity index (χ3v) is 5.54. The van der Waals surface area contributed by atoms with Gasteiger partial charge in [0.25, 0.3) is 0 Å². The van der Waals surface area contributed by atoms with E-state index in [1.54, 1.807) is 19.4 Å². The Kier molecular flexibility index (Phi) is 5.28. The molecule has 0 N–H and O–H groups in total. The number of carbonyl (C=O) groups is 1. The zero-order valence-electron chi connectivity index (χ0n) is 15.3. The van der Waals surface area contributed by atoms with Gasteiger partial charge in [-0.05, 0) is 24.3 Å². The number of anilines is 1. The lowest BCUT2D eigenvalue weighted by Crippen LogP contribution is -2.49. The summed E-state index contributed by atoms with van der Waals surface area (Å²) in [6.07, 6.45) is 1.66. The number of hydrogen-bond donors (Lipinski definition) is 0. The Balaban J connectivity index is 1.40. The molecule has 3 aromatic rings. The van der Waals surface area contributed by atoms with Crippen LogP contribution in [0.2, 0.25) is 10.2 Å². The summed E-state index contributed by atoms with van der Waals surface area (Å²) in [7, 11) is 1.60. The average molecular weight is 420 g/mol. The Bertz CT molecular complexity index is 1010. The number of benzene rings is 1. The van der Waals surface area contributed by atoms with Crippen LogP contribution in [0.5, 0.6) is 5.75 Å². The first-order chi connectivity index (χ1) is 13.6. The normalized spacial score (nSPS) is 14.5. The maximum atomic E-state index is 12.7. The Labute approximate surface area is 172 Å².